The van der Waals surface area contributed by atoms with E-state index in [0.717, 1.165) is 17.0 Å². The van der Waals surface area contributed by atoms with Crippen molar-refractivity contribution >= 4 is 11.6 Å². The number of amides is 1. The average molecular weight is 345 g/mol. The van der Waals surface area contributed by atoms with Gasteiger partial charge in [0.2, 0.25) is 5.91 Å². The number of furan rings is 1. The molecule has 0 bridgehead atoms. The summed E-state index contributed by atoms with van der Waals surface area (Å²) in [6.45, 7) is 0. The number of nitrogens with zero attached hydrogens (tertiary/aromatic N) is 1. The number of para-hydroxylation sites is 1. The molecule has 2 aliphatic heterocycles. The lowest BCUT2D eigenvalue weighted by Crippen LogP contribution is -2.41. The van der Waals surface area contributed by atoms with E-state index in [2.05, 4.69) is 23.0 Å². The van der Waals surface area contributed by atoms with Gasteiger partial charge in [-0.2, -0.15) is 0 Å². The van der Waals surface area contributed by atoms with Crippen molar-refractivity contribution in [2.45, 2.75) is 18.1 Å². The van der Waals surface area contributed by atoms with Crippen molar-refractivity contribution in [3.05, 3.63) is 90.4 Å². The van der Waals surface area contributed by atoms with E-state index in [1.165, 1.54) is 0 Å². The van der Waals surface area contributed by atoms with E-state index in [1.54, 1.807) is 6.26 Å². The number of anilines is 1. The molecule has 5 nitrogen and oxygen atoms in total. The number of hydrogen-bond donors (Lipinski definition) is 2. The number of nitrogens with one attached hydrogen (secondary N) is 2. The van der Waals surface area contributed by atoms with Crippen molar-refractivity contribution in [1.82, 2.24) is 10.9 Å². The Morgan fingerprint density at radius 3 is 2.19 bits per heavy atom. The molecule has 3 aromatic rings. The van der Waals surface area contributed by atoms with Gasteiger partial charge in [0.25, 0.3) is 0 Å². The summed E-state index contributed by atoms with van der Waals surface area (Å²) in [6.07, 6.45) is 1.67. The molecule has 4 unspecified atom stereocenters. The van der Waals surface area contributed by atoms with Crippen molar-refractivity contribution in [3.63, 3.8) is 0 Å². The minimum absolute atomic E-state index is 0.0243. The summed E-state index contributed by atoms with van der Waals surface area (Å²) in [6, 6.07) is 23.5. The third-order valence-corrected chi connectivity index (χ3v) is 5.34. The predicted octanol–water partition coefficient (Wildman–Crippen LogP) is 3.20. The van der Waals surface area contributed by atoms with E-state index < -0.39 is 0 Å². The van der Waals surface area contributed by atoms with Crippen LogP contribution in [0.4, 0.5) is 5.69 Å². The van der Waals surface area contributed by atoms with E-state index in [1.807, 2.05) is 65.6 Å². The summed E-state index contributed by atoms with van der Waals surface area (Å²) in [5.41, 5.74) is 8.52. The van der Waals surface area contributed by atoms with Crippen LogP contribution in [0.15, 0.2) is 83.5 Å². The van der Waals surface area contributed by atoms with E-state index in [-0.39, 0.29) is 30.0 Å². The van der Waals surface area contributed by atoms with Crippen molar-refractivity contribution in [1.29, 1.82) is 0 Å². The Morgan fingerprint density at radius 1 is 0.808 bits per heavy atom. The van der Waals surface area contributed by atoms with Crippen LogP contribution in [-0.4, -0.2) is 11.9 Å². The molecule has 0 radical (unpaired) electrons. The molecule has 2 aromatic carbocycles. The first-order valence-corrected chi connectivity index (χ1v) is 8.82. The van der Waals surface area contributed by atoms with Crippen molar-refractivity contribution in [3.8, 4) is 0 Å². The van der Waals surface area contributed by atoms with Gasteiger partial charge in [-0.25, -0.2) is 10.9 Å². The lowest BCUT2D eigenvalue weighted by atomic mass is 9.85. The van der Waals surface area contributed by atoms with E-state index >= 15 is 0 Å². The molecule has 26 heavy (non-hydrogen) atoms. The number of carbonyl (C=O) groups excluding carboxylic acids is 1. The Bertz CT molecular complexity index is 896. The minimum Gasteiger partial charge on any atom is -0.468 e. The van der Waals surface area contributed by atoms with Crippen LogP contribution < -0.4 is 15.8 Å². The summed E-state index contributed by atoms with van der Waals surface area (Å²) in [5.74, 6) is 0.946. The number of hydrazine groups is 1. The Labute approximate surface area is 151 Å². The normalized spacial score (nSPS) is 27.7. The van der Waals surface area contributed by atoms with Gasteiger partial charge in [-0.05, 0) is 29.8 Å². The van der Waals surface area contributed by atoms with Crippen LogP contribution in [0, 0.1) is 5.92 Å². The zero-order chi connectivity index (χ0) is 17.5. The maximum absolute atomic E-state index is 13.3. The van der Waals surface area contributed by atoms with Crippen LogP contribution in [-0.2, 0) is 4.79 Å². The molecular formula is C21H19N3O2. The highest BCUT2D eigenvalue weighted by molar-refractivity contribution is 6.01. The maximum atomic E-state index is 13.3. The standard InChI is InChI=1S/C21H19N3O2/c25-21-19-17(18(22-23-19)16-12-7-13-26-16)20(14-8-3-1-4-9-14)24(21)15-10-5-2-6-11-15/h1-13,17-20,22-23H. The Morgan fingerprint density at radius 2 is 1.50 bits per heavy atom. The number of carbonyl (C=O) groups is 1. The zero-order valence-corrected chi connectivity index (χ0v) is 14.1. The first-order valence-electron chi connectivity index (χ1n) is 8.82. The Balaban J connectivity index is 1.64. The molecule has 3 heterocycles. The largest absolute Gasteiger partial charge is 0.468 e. The molecule has 0 spiro atoms. The second-order valence-corrected chi connectivity index (χ2v) is 6.74. The molecule has 2 aliphatic rings. The number of rotatable bonds is 3. The van der Waals surface area contributed by atoms with E-state index in [4.69, 9.17) is 4.42 Å². The van der Waals surface area contributed by atoms with E-state index in [9.17, 15) is 4.79 Å². The summed E-state index contributed by atoms with van der Waals surface area (Å²) in [4.78, 5) is 15.2. The summed E-state index contributed by atoms with van der Waals surface area (Å²) in [5, 5.41) is 0. The fourth-order valence-electron chi connectivity index (χ4n) is 4.24. The number of fused-ring (bicyclic) bond motifs is 1. The topological polar surface area (TPSA) is 57.5 Å². The lowest BCUT2D eigenvalue weighted by molar-refractivity contribution is -0.119. The molecule has 2 saturated heterocycles. The predicted molar refractivity (Wildman–Crippen MR) is 98.1 cm³/mol. The van der Waals surface area contributed by atoms with Gasteiger partial charge in [0.05, 0.1) is 18.3 Å². The van der Waals surface area contributed by atoms with Gasteiger partial charge < -0.3 is 9.32 Å². The molecule has 0 saturated carbocycles. The van der Waals surface area contributed by atoms with Gasteiger partial charge in [0, 0.05) is 11.6 Å². The molecule has 2 N–H and O–H groups in total. The summed E-state index contributed by atoms with van der Waals surface area (Å²) < 4.78 is 5.65. The molecule has 1 aromatic heterocycles. The Kier molecular flexibility index (Phi) is 3.62. The smallest absolute Gasteiger partial charge is 0.246 e. The van der Waals surface area contributed by atoms with Crippen molar-refractivity contribution < 1.29 is 9.21 Å². The maximum Gasteiger partial charge on any atom is 0.246 e. The SMILES string of the molecule is O=C1C2NNC(c3ccco3)C2C(c2ccccc2)N1c1ccccc1. The van der Waals surface area contributed by atoms with Crippen LogP contribution >= 0.6 is 0 Å². The van der Waals surface area contributed by atoms with Gasteiger partial charge in [-0.15, -0.1) is 0 Å². The molecule has 5 rings (SSSR count). The first-order chi connectivity index (χ1) is 12.8. The number of hydrogen-bond acceptors (Lipinski definition) is 4. The fourth-order valence-corrected chi connectivity index (χ4v) is 4.24. The first kappa shape index (κ1) is 15.4. The molecule has 4 atom stereocenters. The monoisotopic (exact) mass is 345 g/mol. The minimum atomic E-state index is -0.296. The van der Waals surface area contributed by atoms with Gasteiger partial charge in [-0.3, -0.25) is 4.79 Å². The molecule has 130 valence electrons. The number of benzene rings is 2. The van der Waals surface area contributed by atoms with Crippen LogP contribution in [0.2, 0.25) is 0 Å². The third-order valence-electron chi connectivity index (χ3n) is 5.34. The quantitative estimate of drug-likeness (QED) is 0.765. The van der Waals surface area contributed by atoms with Gasteiger partial charge in [0.1, 0.15) is 11.8 Å². The second kappa shape index (κ2) is 6.12. The Hall–Kier alpha value is -2.89. The van der Waals surface area contributed by atoms with Crippen LogP contribution in [0.3, 0.4) is 0 Å². The highest BCUT2D eigenvalue weighted by atomic mass is 16.3. The third kappa shape index (κ3) is 2.29. The highest BCUT2D eigenvalue weighted by Gasteiger charge is 2.56. The fraction of sp³-hybridized carbons (Fsp3) is 0.190. The van der Waals surface area contributed by atoms with E-state index in [0.29, 0.717) is 0 Å². The van der Waals surface area contributed by atoms with Crippen LogP contribution in [0.1, 0.15) is 23.4 Å². The zero-order valence-electron chi connectivity index (χ0n) is 14.1. The summed E-state index contributed by atoms with van der Waals surface area (Å²) >= 11 is 0. The van der Waals surface area contributed by atoms with Gasteiger partial charge in [-0.1, -0.05) is 48.5 Å². The van der Waals surface area contributed by atoms with Crippen molar-refractivity contribution in [2.24, 2.45) is 5.92 Å². The molecule has 1 amide bonds. The van der Waals surface area contributed by atoms with Crippen LogP contribution in [0.5, 0.6) is 0 Å². The lowest BCUT2D eigenvalue weighted by Gasteiger charge is -2.30. The van der Waals surface area contributed by atoms with Crippen molar-refractivity contribution in [2.75, 3.05) is 4.90 Å². The molecular weight excluding hydrogens is 326 g/mol. The average Bonchev–Trinajstić information content (AvgIpc) is 3.40. The second-order valence-electron chi connectivity index (χ2n) is 6.74. The van der Waals surface area contributed by atoms with Crippen LogP contribution in [0.25, 0.3) is 0 Å². The van der Waals surface area contributed by atoms with Gasteiger partial charge >= 0.3 is 0 Å². The summed E-state index contributed by atoms with van der Waals surface area (Å²) in [7, 11) is 0. The van der Waals surface area contributed by atoms with Gasteiger partial charge in [0.15, 0.2) is 0 Å². The highest BCUT2D eigenvalue weighted by Crippen LogP contribution is 2.48. The molecule has 0 aliphatic carbocycles. The molecule has 5 heteroatoms. The molecule has 2 fully saturated rings.